The van der Waals surface area contributed by atoms with E-state index in [4.69, 9.17) is 33.7 Å². The number of hydrogen-bond acceptors (Lipinski definition) is 6. The van der Waals surface area contributed by atoms with Gasteiger partial charge in [0.25, 0.3) is 11.8 Å². The standard InChI is InChI=1S/C24H25Cl2N7O3/c1-3-32(4-2)10-11-36-14-8-9-17-18(12-14)30-24(29-17)31-23(35)21-19(22(27)34)28-13-33(21)20-15(25)6-5-7-16(20)26/h5-9,12-13H,3-4,10-11H2,1-2H3,(H2,27,34)(H2,29,30,31,35). The molecule has 2 amide bonds. The van der Waals surface area contributed by atoms with Crippen LogP contribution in [-0.2, 0) is 0 Å². The van der Waals surface area contributed by atoms with E-state index in [9.17, 15) is 9.59 Å². The number of aromatic nitrogens is 4. The summed E-state index contributed by atoms with van der Waals surface area (Å²) < 4.78 is 7.18. The van der Waals surface area contributed by atoms with Gasteiger partial charge in [0.05, 0.1) is 26.8 Å². The molecule has 0 spiro atoms. The van der Waals surface area contributed by atoms with Gasteiger partial charge in [0.15, 0.2) is 5.69 Å². The predicted octanol–water partition coefficient (Wildman–Crippen LogP) is 4.13. The highest BCUT2D eigenvalue weighted by molar-refractivity contribution is 6.37. The smallest absolute Gasteiger partial charge is 0.277 e. The molecule has 2 aromatic heterocycles. The fourth-order valence-corrected chi connectivity index (χ4v) is 4.35. The van der Waals surface area contributed by atoms with Crippen LogP contribution in [0.15, 0.2) is 42.7 Å². The Hall–Kier alpha value is -3.60. The number of imidazole rings is 2. The molecule has 10 nitrogen and oxygen atoms in total. The van der Waals surface area contributed by atoms with Crippen LogP contribution in [0.4, 0.5) is 5.95 Å². The van der Waals surface area contributed by atoms with Crippen LogP contribution in [0.25, 0.3) is 16.7 Å². The monoisotopic (exact) mass is 529 g/mol. The number of aromatic amines is 1. The predicted molar refractivity (Wildman–Crippen MR) is 139 cm³/mol. The normalized spacial score (nSPS) is 11.2. The number of primary amides is 1. The lowest BCUT2D eigenvalue weighted by molar-refractivity contribution is 0.0970. The Kier molecular flexibility index (Phi) is 7.78. The zero-order valence-electron chi connectivity index (χ0n) is 19.7. The molecule has 2 aromatic carbocycles. The zero-order chi connectivity index (χ0) is 25.8. The van der Waals surface area contributed by atoms with E-state index in [0.717, 1.165) is 19.6 Å². The minimum absolute atomic E-state index is 0.126. The number of nitrogens with two attached hydrogens (primary N) is 1. The highest BCUT2D eigenvalue weighted by Gasteiger charge is 2.26. The van der Waals surface area contributed by atoms with Crippen molar-refractivity contribution in [2.45, 2.75) is 13.8 Å². The van der Waals surface area contributed by atoms with E-state index in [1.54, 1.807) is 24.3 Å². The van der Waals surface area contributed by atoms with Crippen molar-refractivity contribution >= 4 is 52.0 Å². The summed E-state index contributed by atoms with van der Waals surface area (Å²) in [6.45, 7) is 7.50. The second-order valence-corrected chi connectivity index (χ2v) is 8.65. The number of carbonyl (C=O) groups excluding carboxylic acids is 2. The molecule has 0 radical (unpaired) electrons. The van der Waals surface area contributed by atoms with E-state index in [1.807, 2.05) is 12.1 Å². The van der Waals surface area contributed by atoms with Gasteiger partial charge in [0.2, 0.25) is 5.95 Å². The number of hydrogen-bond donors (Lipinski definition) is 3. The average molecular weight is 530 g/mol. The number of amides is 2. The first-order valence-corrected chi connectivity index (χ1v) is 12.1. The largest absolute Gasteiger partial charge is 0.492 e. The summed E-state index contributed by atoms with van der Waals surface area (Å²) in [4.78, 5) is 39.0. The summed E-state index contributed by atoms with van der Waals surface area (Å²) in [5, 5.41) is 3.19. The summed E-state index contributed by atoms with van der Waals surface area (Å²) in [7, 11) is 0. The zero-order valence-corrected chi connectivity index (χ0v) is 21.2. The molecule has 4 N–H and O–H groups in total. The number of halogens is 2. The summed E-state index contributed by atoms with van der Waals surface area (Å²) in [6, 6.07) is 10.3. The van der Waals surface area contributed by atoms with Crippen molar-refractivity contribution in [2.75, 3.05) is 31.6 Å². The second kappa shape index (κ2) is 11.0. The number of H-pyrrole nitrogens is 1. The van der Waals surface area contributed by atoms with Crippen molar-refractivity contribution in [3.63, 3.8) is 0 Å². The van der Waals surface area contributed by atoms with Crippen LogP contribution in [-0.4, -0.2) is 62.5 Å². The highest BCUT2D eigenvalue weighted by Crippen LogP contribution is 2.30. The van der Waals surface area contributed by atoms with Gasteiger partial charge in [-0.05, 0) is 37.4 Å². The molecule has 188 valence electrons. The maximum atomic E-state index is 13.3. The molecule has 0 unspecified atom stereocenters. The molecule has 0 aliphatic heterocycles. The minimum Gasteiger partial charge on any atom is -0.492 e. The second-order valence-electron chi connectivity index (χ2n) is 7.84. The molecule has 4 rings (SSSR count). The lowest BCUT2D eigenvalue weighted by Crippen LogP contribution is -2.27. The van der Waals surface area contributed by atoms with Gasteiger partial charge >= 0.3 is 0 Å². The number of nitrogens with one attached hydrogen (secondary N) is 2. The summed E-state index contributed by atoms with van der Waals surface area (Å²) in [5.74, 6) is -0.713. The molecule has 0 saturated heterocycles. The fourth-order valence-electron chi connectivity index (χ4n) is 3.77. The van der Waals surface area contributed by atoms with Crippen molar-refractivity contribution in [1.82, 2.24) is 24.4 Å². The van der Waals surface area contributed by atoms with Crippen molar-refractivity contribution in [1.29, 1.82) is 0 Å². The Morgan fingerprint density at radius 1 is 1.17 bits per heavy atom. The number of para-hydroxylation sites is 1. The Morgan fingerprint density at radius 3 is 2.56 bits per heavy atom. The number of rotatable bonds is 10. The molecular weight excluding hydrogens is 505 g/mol. The van der Waals surface area contributed by atoms with Gasteiger partial charge in [0, 0.05) is 12.6 Å². The highest BCUT2D eigenvalue weighted by atomic mass is 35.5. The number of anilines is 1. The van der Waals surface area contributed by atoms with E-state index in [0.29, 0.717) is 29.1 Å². The van der Waals surface area contributed by atoms with E-state index in [2.05, 4.69) is 39.0 Å². The van der Waals surface area contributed by atoms with Crippen LogP contribution in [0, 0.1) is 0 Å². The first-order chi connectivity index (χ1) is 17.3. The van der Waals surface area contributed by atoms with Crippen LogP contribution in [0.3, 0.4) is 0 Å². The summed E-state index contributed by atoms with van der Waals surface area (Å²) in [5.41, 5.74) is 6.69. The molecule has 0 fully saturated rings. The van der Waals surface area contributed by atoms with Gasteiger partial charge in [-0.3, -0.25) is 19.5 Å². The Balaban J connectivity index is 1.58. The molecule has 36 heavy (non-hydrogen) atoms. The molecule has 0 bridgehead atoms. The topological polar surface area (TPSA) is 131 Å². The van der Waals surface area contributed by atoms with Crippen LogP contribution >= 0.6 is 23.2 Å². The van der Waals surface area contributed by atoms with Crippen molar-refractivity contribution < 1.29 is 14.3 Å². The van der Waals surface area contributed by atoms with Crippen LogP contribution in [0.5, 0.6) is 5.75 Å². The van der Waals surface area contributed by atoms with E-state index in [-0.39, 0.29) is 27.4 Å². The fraction of sp³-hybridized carbons (Fsp3) is 0.250. The maximum Gasteiger partial charge on any atom is 0.277 e. The Labute approximate surface area is 217 Å². The lowest BCUT2D eigenvalue weighted by Gasteiger charge is -2.17. The number of benzene rings is 2. The van der Waals surface area contributed by atoms with Crippen LogP contribution in [0.1, 0.15) is 34.8 Å². The molecule has 0 aliphatic carbocycles. The number of likely N-dealkylation sites (N-methyl/N-ethyl adjacent to an activating group) is 1. The van der Waals surface area contributed by atoms with Gasteiger partial charge in [0.1, 0.15) is 24.4 Å². The van der Waals surface area contributed by atoms with Crippen LogP contribution in [0.2, 0.25) is 10.0 Å². The van der Waals surface area contributed by atoms with E-state index in [1.165, 1.54) is 10.9 Å². The number of carbonyl (C=O) groups is 2. The number of fused-ring (bicyclic) bond motifs is 1. The van der Waals surface area contributed by atoms with Gasteiger partial charge < -0.3 is 20.4 Å². The quantitative estimate of drug-likeness (QED) is 0.283. The molecule has 0 aliphatic rings. The average Bonchev–Trinajstić information content (AvgIpc) is 3.45. The van der Waals surface area contributed by atoms with Crippen LogP contribution < -0.4 is 15.8 Å². The molecule has 4 aromatic rings. The third kappa shape index (κ3) is 5.30. The molecular formula is C24H25Cl2N7O3. The van der Waals surface area contributed by atoms with E-state index >= 15 is 0 Å². The first kappa shape index (κ1) is 25.5. The van der Waals surface area contributed by atoms with Gasteiger partial charge in [-0.15, -0.1) is 0 Å². The molecule has 2 heterocycles. The van der Waals surface area contributed by atoms with Gasteiger partial charge in [-0.1, -0.05) is 43.1 Å². The number of ether oxygens (including phenoxy) is 1. The first-order valence-electron chi connectivity index (χ1n) is 11.3. The summed E-state index contributed by atoms with van der Waals surface area (Å²) in [6.07, 6.45) is 1.27. The molecule has 12 heteroatoms. The molecule has 0 atom stereocenters. The summed E-state index contributed by atoms with van der Waals surface area (Å²) >= 11 is 12.6. The third-order valence-electron chi connectivity index (χ3n) is 5.65. The van der Waals surface area contributed by atoms with Gasteiger partial charge in [-0.2, -0.15) is 0 Å². The maximum absolute atomic E-state index is 13.3. The Bertz CT molecular complexity index is 1390. The van der Waals surface area contributed by atoms with Crippen molar-refractivity contribution in [3.8, 4) is 11.4 Å². The Morgan fingerprint density at radius 2 is 1.89 bits per heavy atom. The minimum atomic E-state index is -0.877. The van der Waals surface area contributed by atoms with E-state index < -0.39 is 11.8 Å². The number of nitrogens with zero attached hydrogens (tertiary/aromatic N) is 4. The molecule has 0 saturated carbocycles. The lowest BCUT2D eigenvalue weighted by atomic mass is 10.2. The van der Waals surface area contributed by atoms with Crippen molar-refractivity contribution in [3.05, 3.63) is 64.2 Å². The van der Waals surface area contributed by atoms with Gasteiger partial charge in [-0.25, -0.2) is 9.97 Å². The third-order valence-corrected chi connectivity index (χ3v) is 6.26. The van der Waals surface area contributed by atoms with Crippen molar-refractivity contribution in [2.24, 2.45) is 5.73 Å². The SMILES string of the molecule is CCN(CC)CCOc1ccc2[nH]c(NC(=O)c3c(C(N)=O)ncn3-c3c(Cl)cccc3Cl)nc2c1.